The molecule has 4 nitrogen and oxygen atoms in total. The molecule has 96 valence electrons. The number of hydrogen-bond donors (Lipinski definition) is 1. The second-order valence-electron chi connectivity index (χ2n) is 4.19. The average Bonchev–Trinajstić information content (AvgIpc) is 2.69. The lowest BCUT2D eigenvalue weighted by Crippen LogP contribution is -2.25. The molecule has 0 fully saturated rings. The third-order valence-corrected chi connectivity index (χ3v) is 2.68. The van der Waals surface area contributed by atoms with E-state index in [-0.39, 0.29) is 5.91 Å². The van der Waals surface area contributed by atoms with Crippen molar-refractivity contribution in [2.24, 2.45) is 5.92 Å². The molecule has 0 saturated heterocycles. The van der Waals surface area contributed by atoms with Gasteiger partial charge in [-0.3, -0.25) is 4.79 Å². The highest BCUT2D eigenvalue weighted by Crippen LogP contribution is 2.16. The van der Waals surface area contributed by atoms with Crippen molar-refractivity contribution in [3.63, 3.8) is 0 Å². The Bertz CT molecular complexity index is 349. The molecular formula is C12H18BrNO3. The van der Waals surface area contributed by atoms with E-state index in [0.717, 1.165) is 13.0 Å². The van der Waals surface area contributed by atoms with Gasteiger partial charge in [0.1, 0.15) is 0 Å². The molecule has 1 amide bonds. The van der Waals surface area contributed by atoms with Crippen molar-refractivity contribution in [3.8, 4) is 0 Å². The van der Waals surface area contributed by atoms with Crippen LogP contribution in [0.25, 0.3) is 0 Å². The molecule has 0 saturated carbocycles. The number of halogens is 1. The molecule has 0 spiro atoms. The molecule has 0 radical (unpaired) electrons. The van der Waals surface area contributed by atoms with Crippen LogP contribution in [0, 0.1) is 5.92 Å². The maximum absolute atomic E-state index is 11.6. The van der Waals surface area contributed by atoms with Gasteiger partial charge in [0, 0.05) is 19.8 Å². The van der Waals surface area contributed by atoms with Crippen LogP contribution < -0.4 is 5.32 Å². The first-order valence-electron chi connectivity index (χ1n) is 5.70. The van der Waals surface area contributed by atoms with E-state index in [1.807, 2.05) is 0 Å². The summed E-state index contributed by atoms with van der Waals surface area (Å²) in [7, 11) is 0. The van der Waals surface area contributed by atoms with Gasteiger partial charge in [-0.05, 0) is 34.3 Å². The summed E-state index contributed by atoms with van der Waals surface area (Å²) in [5.74, 6) is 0.418. The van der Waals surface area contributed by atoms with Crippen LogP contribution in [0.2, 0.25) is 0 Å². The van der Waals surface area contributed by atoms with Gasteiger partial charge < -0.3 is 14.5 Å². The van der Waals surface area contributed by atoms with Gasteiger partial charge in [-0.15, -0.1) is 0 Å². The van der Waals surface area contributed by atoms with Crippen LogP contribution in [0.15, 0.2) is 21.4 Å². The molecule has 1 rings (SSSR count). The number of hydrogen-bond acceptors (Lipinski definition) is 3. The van der Waals surface area contributed by atoms with Crippen LogP contribution in [-0.2, 0) is 4.74 Å². The lowest BCUT2D eigenvalue weighted by atomic mass is 10.2. The van der Waals surface area contributed by atoms with Gasteiger partial charge in [-0.2, -0.15) is 0 Å². The highest BCUT2D eigenvalue weighted by Gasteiger charge is 2.11. The van der Waals surface area contributed by atoms with E-state index in [9.17, 15) is 4.79 Å². The fraction of sp³-hybridized carbons (Fsp3) is 0.583. The molecule has 1 N–H and O–H groups in total. The monoisotopic (exact) mass is 303 g/mol. The van der Waals surface area contributed by atoms with Crippen LogP contribution in [0.1, 0.15) is 30.6 Å². The molecule has 1 aromatic rings. The van der Waals surface area contributed by atoms with Crippen molar-refractivity contribution in [3.05, 3.63) is 22.6 Å². The fourth-order valence-corrected chi connectivity index (χ4v) is 1.67. The predicted molar refractivity (Wildman–Crippen MR) is 69.0 cm³/mol. The molecular weight excluding hydrogens is 286 g/mol. The topological polar surface area (TPSA) is 51.5 Å². The third kappa shape index (κ3) is 5.37. The molecule has 1 aromatic heterocycles. The van der Waals surface area contributed by atoms with E-state index in [2.05, 4.69) is 35.1 Å². The van der Waals surface area contributed by atoms with Crippen molar-refractivity contribution in [2.75, 3.05) is 19.8 Å². The lowest BCUT2D eigenvalue weighted by molar-refractivity contribution is 0.0923. The van der Waals surface area contributed by atoms with Crippen LogP contribution in [0.3, 0.4) is 0 Å². The summed E-state index contributed by atoms with van der Waals surface area (Å²) >= 11 is 3.16. The van der Waals surface area contributed by atoms with E-state index in [0.29, 0.717) is 29.3 Å². The Morgan fingerprint density at radius 2 is 2.35 bits per heavy atom. The quantitative estimate of drug-likeness (QED) is 0.788. The zero-order valence-electron chi connectivity index (χ0n) is 10.2. The smallest absolute Gasteiger partial charge is 0.255 e. The van der Waals surface area contributed by atoms with Gasteiger partial charge in [0.2, 0.25) is 0 Å². The molecule has 1 heterocycles. The van der Waals surface area contributed by atoms with E-state index in [1.165, 1.54) is 6.26 Å². The minimum atomic E-state index is -0.130. The number of carbonyl (C=O) groups excluding carboxylic acids is 1. The van der Waals surface area contributed by atoms with Gasteiger partial charge in [-0.1, -0.05) is 13.8 Å². The summed E-state index contributed by atoms with van der Waals surface area (Å²) in [6, 6.07) is 1.63. The number of rotatable bonds is 7. The van der Waals surface area contributed by atoms with Crippen LogP contribution >= 0.6 is 15.9 Å². The molecule has 0 unspecified atom stereocenters. The van der Waals surface area contributed by atoms with E-state index >= 15 is 0 Å². The Labute approximate surface area is 110 Å². The standard InChI is InChI=1S/C12H18BrNO3/c1-9(2)8-16-6-3-5-14-12(15)10-4-7-17-11(10)13/h4,7,9H,3,5-6,8H2,1-2H3,(H,14,15). The molecule has 0 atom stereocenters. The Morgan fingerprint density at radius 1 is 1.59 bits per heavy atom. The Hall–Kier alpha value is -0.810. The summed E-state index contributed by atoms with van der Waals surface area (Å²) in [6.45, 7) is 6.26. The lowest BCUT2D eigenvalue weighted by Gasteiger charge is -2.07. The third-order valence-electron chi connectivity index (χ3n) is 2.06. The number of furan rings is 1. The first-order valence-corrected chi connectivity index (χ1v) is 6.49. The highest BCUT2D eigenvalue weighted by atomic mass is 79.9. The van der Waals surface area contributed by atoms with E-state index in [1.54, 1.807) is 6.07 Å². The van der Waals surface area contributed by atoms with Gasteiger partial charge in [0.25, 0.3) is 5.91 Å². The van der Waals surface area contributed by atoms with Gasteiger partial charge in [0.15, 0.2) is 4.67 Å². The summed E-state index contributed by atoms with van der Waals surface area (Å²) < 4.78 is 10.9. The largest absolute Gasteiger partial charge is 0.457 e. The molecule has 0 aliphatic heterocycles. The Balaban J connectivity index is 2.11. The van der Waals surface area contributed by atoms with Crippen molar-refractivity contribution < 1.29 is 13.9 Å². The first kappa shape index (κ1) is 14.3. The maximum atomic E-state index is 11.6. The molecule has 0 aromatic carbocycles. The van der Waals surface area contributed by atoms with Crippen molar-refractivity contribution in [1.29, 1.82) is 0 Å². The fourth-order valence-electron chi connectivity index (χ4n) is 1.25. The maximum Gasteiger partial charge on any atom is 0.255 e. The molecule has 0 aliphatic carbocycles. The summed E-state index contributed by atoms with van der Waals surface area (Å²) in [4.78, 5) is 11.6. The predicted octanol–water partition coefficient (Wildman–Crippen LogP) is 2.83. The summed E-state index contributed by atoms with van der Waals surface area (Å²) in [5, 5.41) is 2.81. The van der Waals surface area contributed by atoms with Crippen LogP contribution in [0.4, 0.5) is 0 Å². The normalized spacial score (nSPS) is 10.8. The van der Waals surface area contributed by atoms with Crippen molar-refractivity contribution >= 4 is 21.8 Å². The average molecular weight is 304 g/mol. The Kier molecular flexibility index (Phi) is 6.29. The number of ether oxygens (including phenoxy) is 1. The zero-order valence-corrected chi connectivity index (χ0v) is 11.7. The zero-order chi connectivity index (χ0) is 12.7. The second kappa shape index (κ2) is 7.50. The van der Waals surface area contributed by atoms with Gasteiger partial charge in [-0.25, -0.2) is 0 Å². The minimum Gasteiger partial charge on any atom is -0.457 e. The minimum absolute atomic E-state index is 0.130. The van der Waals surface area contributed by atoms with Crippen molar-refractivity contribution in [2.45, 2.75) is 20.3 Å². The first-order chi connectivity index (χ1) is 8.11. The number of amides is 1. The molecule has 17 heavy (non-hydrogen) atoms. The van der Waals surface area contributed by atoms with Crippen LogP contribution in [-0.4, -0.2) is 25.7 Å². The van der Waals surface area contributed by atoms with E-state index in [4.69, 9.17) is 9.15 Å². The highest BCUT2D eigenvalue weighted by molar-refractivity contribution is 9.10. The number of nitrogens with one attached hydrogen (secondary N) is 1. The summed E-state index contributed by atoms with van der Waals surface area (Å²) in [5.41, 5.74) is 0.521. The summed E-state index contributed by atoms with van der Waals surface area (Å²) in [6.07, 6.45) is 2.29. The van der Waals surface area contributed by atoms with Gasteiger partial charge in [0.05, 0.1) is 11.8 Å². The second-order valence-corrected chi connectivity index (χ2v) is 4.91. The van der Waals surface area contributed by atoms with E-state index < -0.39 is 0 Å². The van der Waals surface area contributed by atoms with Gasteiger partial charge >= 0.3 is 0 Å². The molecule has 5 heteroatoms. The van der Waals surface area contributed by atoms with Crippen molar-refractivity contribution in [1.82, 2.24) is 5.32 Å². The molecule has 0 bridgehead atoms. The molecule has 0 aliphatic rings. The van der Waals surface area contributed by atoms with Crippen LogP contribution in [0.5, 0.6) is 0 Å². The SMILES string of the molecule is CC(C)COCCCNC(=O)c1ccoc1Br. The number of carbonyl (C=O) groups is 1. The Morgan fingerprint density at radius 3 is 2.94 bits per heavy atom.